The molecule has 0 aromatic carbocycles. The van der Waals surface area contributed by atoms with Crippen molar-refractivity contribution in [2.75, 3.05) is 32.8 Å². The molecule has 2 N–H and O–H groups in total. The number of aliphatic hydroxyl groups excluding tert-OH is 1. The number of nitrogens with one attached hydrogen (secondary N) is 1. The van der Waals surface area contributed by atoms with Crippen LogP contribution in [-0.2, 0) is 0 Å². The molecule has 2 fully saturated rings. The quantitative estimate of drug-likeness (QED) is 0.636. The number of nitrogens with zero attached hydrogens (tertiary/aromatic N) is 1. The van der Waals surface area contributed by atoms with E-state index in [9.17, 15) is 0 Å². The first-order valence-electron chi connectivity index (χ1n) is 5.46. The molecular weight excluding hydrogens is 164 g/mol. The average molecular weight is 184 g/mol. The van der Waals surface area contributed by atoms with E-state index in [0.717, 1.165) is 19.1 Å². The minimum atomic E-state index is 0.391. The zero-order valence-electron chi connectivity index (χ0n) is 8.21. The molecule has 1 saturated heterocycles. The first kappa shape index (κ1) is 9.44. The highest BCUT2D eigenvalue weighted by atomic mass is 16.3. The Morgan fingerprint density at radius 1 is 1.23 bits per heavy atom. The third-order valence-electron chi connectivity index (χ3n) is 3.44. The van der Waals surface area contributed by atoms with Gasteiger partial charge in [-0.15, -0.1) is 0 Å². The standard InChI is InChI=1S/C10H20N2O/c13-8-9-1-2-10(7-9)12-5-3-11-4-6-12/h9-11,13H,1-8H2. The summed E-state index contributed by atoms with van der Waals surface area (Å²) in [6, 6.07) is 0.763. The van der Waals surface area contributed by atoms with Gasteiger partial charge in [0.25, 0.3) is 0 Å². The highest BCUT2D eigenvalue weighted by Gasteiger charge is 2.29. The second-order valence-electron chi connectivity index (χ2n) is 4.30. The van der Waals surface area contributed by atoms with Crippen LogP contribution in [0.15, 0.2) is 0 Å². The van der Waals surface area contributed by atoms with Crippen molar-refractivity contribution >= 4 is 0 Å². The van der Waals surface area contributed by atoms with Gasteiger partial charge in [-0.3, -0.25) is 4.90 Å². The predicted molar refractivity (Wildman–Crippen MR) is 52.7 cm³/mol. The fourth-order valence-corrected chi connectivity index (χ4v) is 2.59. The van der Waals surface area contributed by atoms with E-state index in [0.29, 0.717) is 12.5 Å². The lowest BCUT2D eigenvalue weighted by Gasteiger charge is -2.32. The number of hydrogen-bond donors (Lipinski definition) is 2. The molecule has 1 saturated carbocycles. The van der Waals surface area contributed by atoms with E-state index >= 15 is 0 Å². The SMILES string of the molecule is OCC1CCC(N2CCNCC2)C1. The summed E-state index contributed by atoms with van der Waals surface area (Å²) < 4.78 is 0. The minimum absolute atomic E-state index is 0.391. The second-order valence-corrected chi connectivity index (χ2v) is 4.30. The monoisotopic (exact) mass is 184 g/mol. The topological polar surface area (TPSA) is 35.5 Å². The zero-order chi connectivity index (χ0) is 9.10. The summed E-state index contributed by atoms with van der Waals surface area (Å²) in [4.78, 5) is 2.59. The normalized spacial score (nSPS) is 36.7. The Balaban J connectivity index is 1.80. The van der Waals surface area contributed by atoms with Crippen molar-refractivity contribution in [1.29, 1.82) is 0 Å². The maximum absolute atomic E-state index is 9.05. The summed E-state index contributed by atoms with van der Waals surface area (Å²) in [5.41, 5.74) is 0. The summed E-state index contributed by atoms with van der Waals surface area (Å²) in [5.74, 6) is 0.583. The third kappa shape index (κ3) is 2.22. The molecule has 0 aromatic heterocycles. The van der Waals surface area contributed by atoms with Crippen LogP contribution in [0.25, 0.3) is 0 Å². The van der Waals surface area contributed by atoms with Gasteiger partial charge < -0.3 is 10.4 Å². The van der Waals surface area contributed by atoms with Crippen LogP contribution < -0.4 is 5.32 Å². The lowest BCUT2D eigenvalue weighted by atomic mass is 10.1. The Morgan fingerprint density at radius 3 is 2.62 bits per heavy atom. The Hall–Kier alpha value is -0.120. The van der Waals surface area contributed by atoms with Crippen LogP contribution in [-0.4, -0.2) is 48.8 Å². The van der Waals surface area contributed by atoms with Crippen molar-refractivity contribution in [2.45, 2.75) is 25.3 Å². The van der Waals surface area contributed by atoms with Crippen molar-refractivity contribution in [3.05, 3.63) is 0 Å². The molecule has 2 rings (SSSR count). The lowest BCUT2D eigenvalue weighted by Crippen LogP contribution is -2.47. The van der Waals surface area contributed by atoms with Gasteiger partial charge in [0.05, 0.1) is 0 Å². The third-order valence-corrected chi connectivity index (χ3v) is 3.44. The molecule has 3 heteroatoms. The molecule has 0 amide bonds. The molecule has 3 nitrogen and oxygen atoms in total. The second kappa shape index (κ2) is 4.40. The van der Waals surface area contributed by atoms with Gasteiger partial charge in [-0.2, -0.15) is 0 Å². The summed E-state index contributed by atoms with van der Waals surface area (Å²) in [6.07, 6.45) is 3.74. The Bertz CT molecular complexity index is 157. The Morgan fingerprint density at radius 2 is 2.00 bits per heavy atom. The van der Waals surface area contributed by atoms with E-state index in [1.807, 2.05) is 0 Å². The highest BCUT2D eigenvalue weighted by molar-refractivity contribution is 4.84. The minimum Gasteiger partial charge on any atom is -0.396 e. The van der Waals surface area contributed by atoms with E-state index in [4.69, 9.17) is 5.11 Å². The van der Waals surface area contributed by atoms with E-state index in [2.05, 4.69) is 10.2 Å². The van der Waals surface area contributed by atoms with Gasteiger partial charge in [-0.25, -0.2) is 0 Å². The molecule has 1 heterocycles. The fraction of sp³-hybridized carbons (Fsp3) is 1.00. The summed E-state index contributed by atoms with van der Waals surface area (Å²) >= 11 is 0. The molecule has 2 atom stereocenters. The van der Waals surface area contributed by atoms with Gasteiger partial charge in [0.15, 0.2) is 0 Å². The molecule has 2 aliphatic rings. The lowest BCUT2D eigenvalue weighted by molar-refractivity contribution is 0.163. The van der Waals surface area contributed by atoms with Gasteiger partial charge in [0, 0.05) is 38.8 Å². The maximum atomic E-state index is 9.05. The van der Waals surface area contributed by atoms with Gasteiger partial charge in [-0.1, -0.05) is 0 Å². The first-order valence-corrected chi connectivity index (χ1v) is 5.46. The molecule has 13 heavy (non-hydrogen) atoms. The van der Waals surface area contributed by atoms with Crippen molar-refractivity contribution in [3.63, 3.8) is 0 Å². The predicted octanol–water partition coefficient (Wildman–Crippen LogP) is 0.0526. The molecular formula is C10H20N2O. The Kier molecular flexibility index (Phi) is 3.19. The molecule has 0 radical (unpaired) electrons. The van der Waals surface area contributed by atoms with Crippen LogP contribution in [0.4, 0.5) is 0 Å². The molecule has 1 aliphatic carbocycles. The van der Waals surface area contributed by atoms with E-state index in [1.165, 1.54) is 32.4 Å². The Labute approximate surface area is 80.1 Å². The van der Waals surface area contributed by atoms with Crippen molar-refractivity contribution in [3.8, 4) is 0 Å². The van der Waals surface area contributed by atoms with Gasteiger partial charge >= 0.3 is 0 Å². The molecule has 2 unspecified atom stereocenters. The molecule has 0 bridgehead atoms. The summed E-state index contributed by atoms with van der Waals surface area (Å²) in [7, 11) is 0. The number of hydrogen-bond acceptors (Lipinski definition) is 3. The largest absolute Gasteiger partial charge is 0.396 e. The van der Waals surface area contributed by atoms with E-state index < -0.39 is 0 Å². The van der Waals surface area contributed by atoms with Gasteiger partial charge in [0.1, 0.15) is 0 Å². The molecule has 76 valence electrons. The number of rotatable bonds is 2. The summed E-state index contributed by atoms with van der Waals surface area (Å²) in [5, 5.41) is 12.4. The molecule has 1 aliphatic heterocycles. The number of aliphatic hydroxyl groups is 1. The van der Waals surface area contributed by atoms with Crippen molar-refractivity contribution in [1.82, 2.24) is 10.2 Å². The zero-order valence-corrected chi connectivity index (χ0v) is 8.21. The highest BCUT2D eigenvalue weighted by Crippen LogP contribution is 2.28. The average Bonchev–Trinajstić information content (AvgIpc) is 2.67. The number of piperazine rings is 1. The first-order chi connectivity index (χ1) is 6.40. The smallest absolute Gasteiger partial charge is 0.0459 e. The maximum Gasteiger partial charge on any atom is 0.0459 e. The van der Waals surface area contributed by atoms with Gasteiger partial charge in [-0.05, 0) is 25.2 Å². The van der Waals surface area contributed by atoms with Crippen molar-refractivity contribution < 1.29 is 5.11 Å². The van der Waals surface area contributed by atoms with Crippen LogP contribution in [0.3, 0.4) is 0 Å². The van der Waals surface area contributed by atoms with Crippen LogP contribution in [0, 0.1) is 5.92 Å². The fourth-order valence-electron chi connectivity index (χ4n) is 2.59. The van der Waals surface area contributed by atoms with Crippen LogP contribution >= 0.6 is 0 Å². The van der Waals surface area contributed by atoms with Crippen LogP contribution in [0.1, 0.15) is 19.3 Å². The molecule has 0 aromatic rings. The molecule has 0 spiro atoms. The van der Waals surface area contributed by atoms with E-state index in [1.54, 1.807) is 0 Å². The van der Waals surface area contributed by atoms with Crippen molar-refractivity contribution in [2.24, 2.45) is 5.92 Å². The van der Waals surface area contributed by atoms with Crippen LogP contribution in [0.2, 0.25) is 0 Å². The van der Waals surface area contributed by atoms with Crippen LogP contribution in [0.5, 0.6) is 0 Å². The van der Waals surface area contributed by atoms with Gasteiger partial charge in [0.2, 0.25) is 0 Å². The van der Waals surface area contributed by atoms with E-state index in [-0.39, 0.29) is 0 Å². The summed E-state index contributed by atoms with van der Waals surface area (Å²) in [6.45, 7) is 5.06.